The normalized spacial score (nSPS) is 11.3. The van der Waals surface area contributed by atoms with Crippen LogP contribution in [0.4, 0.5) is 5.69 Å². The molecule has 0 aliphatic carbocycles. The zero-order chi connectivity index (χ0) is 17.2. The van der Waals surface area contributed by atoms with Crippen molar-refractivity contribution in [1.82, 2.24) is 10.3 Å². The second-order valence-corrected chi connectivity index (χ2v) is 7.10. The van der Waals surface area contributed by atoms with E-state index in [2.05, 4.69) is 15.0 Å². The summed E-state index contributed by atoms with van der Waals surface area (Å²) in [7, 11) is -3.48. The number of oxazole rings is 1. The Morgan fingerprint density at radius 3 is 2.52 bits per heavy atom. The number of carbonyl (C=O) groups excluding carboxylic acids is 1. The molecule has 0 aliphatic rings. The Morgan fingerprint density at radius 2 is 1.96 bits per heavy atom. The van der Waals surface area contributed by atoms with Gasteiger partial charge in [0.1, 0.15) is 5.76 Å². The molecule has 0 atom stereocenters. The summed E-state index contributed by atoms with van der Waals surface area (Å²) < 4.78 is 30.6. The van der Waals surface area contributed by atoms with Gasteiger partial charge in [0.05, 0.1) is 29.7 Å². The van der Waals surface area contributed by atoms with E-state index in [1.807, 2.05) is 13.8 Å². The maximum absolute atomic E-state index is 12.4. The second-order valence-electron chi connectivity index (χ2n) is 5.36. The quantitative estimate of drug-likeness (QED) is 0.868. The summed E-state index contributed by atoms with van der Waals surface area (Å²) in [5.74, 6) is 0.691. The monoisotopic (exact) mass is 337 g/mol. The number of nitrogens with one attached hydrogen (secondary N) is 2. The smallest absolute Gasteiger partial charge is 0.253 e. The first-order valence-electron chi connectivity index (χ1n) is 6.95. The summed E-state index contributed by atoms with van der Waals surface area (Å²) in [6.45, 7) is 5.56. The predicted molar refractivity (Wildman–Crippen MR) is 86.8 cm³/mol. The fraction of sp³-hybridized carbons (Fsp3) is 0.333. The Morgan fingerprint density at radius 1 is 1.26 bits per heavy atom. The van der Waals surface area contributed by atoms with Gasteiger partial charge in [0, 0.05) is 0 Å². The van der Waals surface area contributed by atoms with Crippen LogP contribution in [0.3, 0.4) is 0 Å². The van der Waals surface area contributed by atoms with Crippen molar-refractivity contribution in [1.29, 1.82) is 0 Å². The number of nitrogens with zero attached hydrogens (tertiary/aromatic N) is 1. The van der Waals surface area contributed by atoms with Crippen LogP contribution in [0.25, 0.3) is 0 Å². The minimum Gasteiger partial charge on any atom is -0.444 e. The van der Waals surface area contributed by atoms with Gasteiger partial charge in [0.25, 0.3) is 5.91 Å². The summed E-state index contributed by atoms with van der Waals surface area (Å²) in [5.41, 5.74) is 2.09. The molecule has 2 rings (SSSR count). The van der Waals surface area contributed by atoms with Crippen molar-refractivity contribution in [3.63, 3.8) is 0 Å². The minimum atomic E-state index is -3.48. The molecule has 0 saturated carbocycles. The molecule has 8 heteroatoms. The van der Waals surface area contributed by atoms with Gasteiger partial charge in [-0.15, -0.1) is 0 Å². The van der Waals surface area contributed by atoms with Gasteiger partial charge < -0.3 is 9.73 Å². The van der Waals surface area contributed by atoms with Gasteiger partial charge in [-0.05, 0) is 32.9 Å². The van der Waals surface area contributed by atoms with E-state index in [9.17, 15) is 13.2 Å². The van der Waals surface area contributed by atoms with E-state index in [1.54, 1.807) is 25.1 Å². The minimum absolute atomic E-state index is 0.125. The van der Waals surface area contributed by atoms with Gasteiger partial charge in [-0.2, -0.15) is 0 Å². The molecular weight excluding hydrogens is 318 g/mol. The summed E-state index contributed by atoms with van der Waals surface area (Å²) in [5, 5.41) is 2.68. The first kappa shape index (κ1) is 17.0. The molecule has 0 radical (unpaired) electrons. The number of anilines is 1. The maximum atomic E-state index is 12.4. The third kappa shape index (κ3) is 4.56. The van der Waals surface area contributed by atoms with Crippen LogP contribution in [0, 0.1) is 20.8 Å². The molecule has 23 heavy (non-hydrogen) atoms. The lowest BCUT2D eigenvalue weighted by atomic mass is 10.1. The van der Waals surface area contributed by atoms with Crippen LogP contribution in [0.1, 0.15) is 33.3 Å². The highest BCUT2D eigenvalue weighted by molar-refractivity contribution is 7.92. The highest BCUT2D eigenvalue weighted by Crippen LogP contribution is 2.19. The van der Waals surface area contributed by atoms with Crippen LogP contribution in [0.15, 0.2) is 22.6 Å². The highest BCUT2D eigenvalue weighted by Gasteiger charge is 2.15. The molecule has 1 amide bonds. The topological polar surface area (TPSA) is 101 Å². The zero-order valence-corrected chi connectivity index (χ0v) is 14.2. The van der Waals surface area contributed by atoms with Gasteiger partial charge in [0.2, 0.25) is 15.9 Å². The number of sulfonamides is 1. The number of carbonyl (C=O) groups is 1. The molecule has 2 N–H and O–H groups in total. The number of aryl methyl sites for hydroxylation is 3. The van der Waals surface area contributed by atoms with Crippen LogP contribution in [-0.4, -0.2) is 25.6 Å². The largest absolute Gasteiger partial charge is 0.444 e. The number of amides is 1. The number of aromatic nitrogens is 1. The van der Waals surface area contributed by atoms with Gasteiger partial charge in [0.15, 0.2) is 0 Å². The molecule has 0 bridgehead atoms. The standard InChI is InChI=1S/C15H19N3O4S/c1-9-5-6-13(18-23(4,20)21)12(7-9)15(19)16-8-14-17-10(2)11(3)22-14/h5-7,18H,8H2,1-4H3,(H,16,19). The van der Waals surface area contributed by atoms with E-state index in [4.69, 9.17) is 4.42 Å². The third-order valence-electron chi connectivity index (χ3n) is 3.19. The van der Waals surface area contributed by atoms with Crippen LogP contribution >= 0.6 is 0 Å². The molecule has 0 aliphatic heterocycles. The van der Waals surface area contributed by atoms with Crippen molar-refractivity contribution in [2.24, 2.45) is 0 Å². The first-order chi connectivity index (χ1) is 10.7. The van der Waals surface area contributed by atoms with Gasteiger partial charge >= 0.3 is 0 Å². The average Bonchev–Trinajstić information content (AvgIpc) is 2.76. The van der Waals surface area contributed by atoms with Crippen LogP contribution in [-0.2, 0) is 16.6 Å². The fourth-order valence-corrected chi connectivity index (χ4v) is 2.58. The van der Waals surface area contributed by atoms with Gasteiger partial charge in [-0.1, -0.05) is 11.6 Å². The van der Waals surface area contributed by atoms with E-state index in [0.717, 1.165) is 17.5 Å². The molecule has 0 unspecified atom stereocenters. The highest BCUT2D eigenvalue weighted by atomic mass is 32.2. The molecule has 1 heterocycles. The SMILES string of the molecule is Cc1ccc(NS(C)(=O)=O)c(C(=O)NCc2nc(C)c(C)o2)c1. The van der Waals surface area contributed by atoms with Crippen molar-refractivity contribution in [3.05, 3.63) is 46.7 Å². The Balaban J connectivity index is 2.19. The molecule has 0 saturated heterocycles. The van der Waals surface area contributed by atoms with Crippen molar-refractivity contribution < 1.29 is 17.6 Å². The summed E-state index contributed by atoms with van der Waals surface area (Å²) >= 11 is 0. The summed E-state index contributed by atoms with van der Waals surface area (Å²) in [4.78, 5) is 16.5. The molecule has 0 fully saturated rings. The lowest BCUT2D eigenvalue weighted by Gasteiger charge is -2.11. The van der Waals surface area contributed by atoms with Crippen LogP contribution in [0.2, 0.25) is 0 Å². The Hall–Kier alpha value is -2.35. The molecule has 1 aromatic carbocycles. The molecule has 1 aromatic heterocycles. The Kier molecular flexibility index (Phi) is 4.74. The van der Waals surface area contributed by atoms with Crippen LogP contribution in [0.5, 0.6) is 0 Å². The zero-order valence-electron chi connectivity index (χ0n) is 13.4. The van der Waals surface area contributed by atoms with E-state index in [1.165, 1.54) is 0 Å². The second kappa shape index (κ2) is 6.41. The van der Waals surface area contributed by atoms with E-state index in [0.29, 0.717) is 11.7 Å². The van der Waals surface area contributed by atoms with Crippen molar-refractivity contribution >= 4 is 21.6 Å². The Bertz CT molecular complexity index is 821. The molecule has 7 nitrogen and oxygen atoms in total. The number of benzene rings is 1. The molecular formula is C15H19N3O4S. The average molecular weight is 337 g/mol. The van der Waals surface area contributed by atoms with Crippen molar-refractivity contribution in [2.45, 2.75) is 27.3 Å². The third-order valence-corrected chi connectivity index (χ3v) is 3.78. The summed E-state index contributed by atoms with van der Waals surface area (Å²) in [6, 6.07) is 4.91. The first-order valence-corrected chi connectivity index (χ1v) is 8.84. The fourth-order valence-electron chi connectivity index (χ4n) is 2.00. The van der Waals surface area contributed by atoms with Crippen molar-refractivity contribution in [3.8, 4) is 0 Å². The van der Waals surface area contributed by atoms with Crippen LogP contribution < -0.4 is 10.0 Å². The van der Waals surface area contributed by atoms with Gasteiger partial charge in [-0.3, -0.25) is 9.52 Å². The predicted octanol–water partition coefficient (Wildman–Crippen LogP) is 1.90. The van der Waals surface area contributed by atoms with Gasteiger partial charge in [-0.25, -0.2) is 13.4 Å². The number of hydrogen-bond acceptors (Lipinski definition) is 5. The lowest BCUT2D eigenvalue weighted by molar-refractivity contribution is 0.0948. The summed E-state index contributed by atoms with van der Waals surface area (Å²) in [6.07, 6.45) is 1.03. The van der Waals surface area contributed by atoms with E-state index >= 15 is 0 Å². The number of rotatable bonds is 5. The molecule has 0 spiro atoms. The Labute approximate surface area is 135 Å². The maximum Gasteiger partial charge on any atom is 0.253 e. The van der Waals surface area contributed by atoms with Crippen molar-refractivity contribution in [2.75, 3.05) is 11.0 Å². The lowest BCUT2D eigenvalue weighted by Crippen LogP contribution is -2.25. The van der Waals surface area contributed by atoms with E-state index < -0.39 is 15.9 Å². The van der Waals surface area contributed by atoms with E-state index in [-0.39, 0.29) is 17.8 Å². The molecule has 2 aromatic rings. The molecule has 124 valence electrons. The number of hydrogen-bond donors (Lipinski definition) is 2.